The zero-order valence-electron chi connectivity index (χ0n) is 13.8. The third-order valence-corrected chi connectivity index (χ3v) is 4.00. The zero-order valence-corrected chi connectivity index (χ0v) is 13.8. The molecule has 0 amide bonds. The zero-order chi connectivity index (χ0) is 15.3. The number of hydrogen-bond acceptors (Lipinski definition) is 3. The van der Waals surface area contributed by atoms with Crippen LogP contribution in [0.3, 0.4) is 0 Å². The molecular weight excluding hydrogens is 262 g/mol. The summed E-state index contributed by atoms with van der Waals surface area (Å²) in [6.45, 7) is 7.49. The van der Waals surface area contributed by atoms with Gasteiger partial charge in [-0.1, -0.05) is 19.1 Å². The number of ether oxygens (including phenoxy) is 2. The summed E-state index contributed by atoms with van der Waals surface area (Å²) in [6.07, 6.45) is 4.94. The van der Waals surface area contributed by atoms with Crippen molar-refractivity contribution in [3.63, 3.8) is 0 Å². The van der Waals surface area contributed by atoms with Gasteiger partial charge < -0.3 is 14.8 Å². The van der Waals surface area contributed by atoms with Crippen LogP contribution in [0.4, 0.5) is 0 Å². The molecule has 0 saturated heterocycles. The lowest BCUT2D eigenvalue weighted by Crippen LogP contribution is -2.32. The van der Waals surface area contributed by atoms with E-state index in [1.807, 2.05) is 0 Å². The predicted octanol–water partition coefficient (Wildman–Crippen LogP) is 4.08. The van der Waals surface area contributed by atoms with Gasteiger partial charge in [-0.3, -0.25) is 0 Å². The summed E-state index contributed by atoms with van der Waals surface area (Å²) in [5.41, 5.74) is 1.17. The van der Waals surface area contributed by atoms with Crippen LogP contribution in [0.15, 0.2) is 24.3 Å². The molecule has 1 fully saturated rings. The largest absolute Gasteiger partial charge is 0.490 e. The van der Waals surface area contributed by atoms with E-state index in [0.717, 1.165) is 25.1 Å². The molecule has 118 valence electrons. The fourth-order valence-electron chi connectivity index (χ4n) is 2.36. The van der Waals surface area contributed by atoms with Crippen molar-refractivity contribution in [2.75, 3.05) is 13.7 Å². The van der Waals surface area contributed by atoms with E-state index >= 15 is 0 Å². The van der Waals surface area contributed by atoms with Gasteiger partial charge in [0.1, 0.15) is 5.75 Å². The second-order valence-electron chi connectivity index (χ2n) is 6.56. The smallest absolute Gasteiger partial charge is 0.119 e. The van der Waals surface area contributed by atoms with E-state index in [-0.39, 0.29) is 5.60 Å². The number of nitrogens with one attached hydrogen (secondary N) is 1. The van der Waals surface area contributed by atoms with Crippen molar-refractivity contribution >= 4 is 0 Å². The number of methoxy groups -OCH3 is 1. The average molecular weight is 291 g/mol. The highest BCUT2D eigenvalue weighted by Gasteiger charge is 2.25. The van der Waals surface area contributed by atoms with Crippen molar-refractivity contribution < 1.29 is 9.47 Å². The Hall–Kier alpha value is -1.06. The Balaban J connectivity index is 2.03. The van der Waals surface area contributed by atoms with Gasteiger partial charge in [0.2, 0.25) is 0 Å². The first kappa shape index (κ1) is 16.3. The highest BCUT2D eigenvalue weighted by atomic mass is 16.5. The van der Waals surface area contributed by atoms with Gasteiger partial charge >= 0.3 is 0 Å². The van der Waals surface area contributed by atoms with Crippen molar-refractivity contribution in [2.24, 2.45) is 0 Å². The van der Waals surface area contributed by atoms with Crippen LogP contribution < -0.4 is 10.1 Å². The first-order chi connectivity index (χ1) is 10.0. The Morgan fingerprint density at radius 2 is 1.90 bits per heavy atom. The van der Waals surface area contributed by atoms with Crippen LogP contribution in [0, 0.1) is 0 Å². The summed E-state index contributed by atoms with van der Waals surface area (Å²) in [5, 5.41) is 3.63. The van der Waals surface area contributed by atoms with Crippen molar-refractivity contribution in [3.05, 3.63) is 29.8 Å². The molecular formula is C18H29NO2. The Morgan fingerprint density at radius 1 is 1.24 bits per heavy atom. The van der Waals surface area contributed by atoms with Crippen LogP contribution in [-0.2, 0) is 4.74 Å². The van der Waals surface area contributed by atoms with Gasteiger partial charge in [0.25, 0.3) is 0 Å². The standard InChI is InChI=1S/C18H29NO2/c1-5-12-19-17(13-18(2,3)20-4)14-6-8-15(9-7-14)21-16-10-11-16/h6-9,16-17,19H,5,10-13H2,1-4H3. The molecule has 2 rings (SSSR count). The number of benzene rings is 1. The van der Waals surface area contributed by atoms with Gasteiger partial charge in [-0.05, 0) is 63.8 Å². The Bertz CT molecular complexity index is 423. The molecule has 0 aliphatic heterocycles. The summed E-state index contributed by atoms with van der Waals surface area (Å²) in [5.74, 6) is 0.987. The lowest BCUT2D eigenvalue weighted by atomic mass is 9.93. The summed E-state index contributed by atoms with van der Waals surface area (Å²) >= 11 is 0. The summed E-state index contributed by atoms with van der Waals surface area (Å²) in [7, 11) is 1.78. The van der Waals surface area contributed by atoms with E-state index in [1.165, 1.54) is 18.4 Å². The van der Waals surface area contributed by atoms with Gasteiger partial charge in [0.15, 0.2) is 0 Å². The average Bonchev–Trinajstić information content (AvgIpc) is 3.28. The van der Waals surface area contributed by atoms with Crippen LogP contribution in [0.25, 0.3) is 0 Å². The number of hydrogen-bond donors (Lipinski definition) is 1. The van der Waals surface area contributed by atoms with Gasteiger partial charge in [0, 0.05) is 13.2 Å². The summed E-state index contributed by atoms with van der Waals surface area (Å²) in [6, 6.07) is 8.85. The molecule has 0 spiro atoms. The van der Waals surface area contributed by atoms with Crippen LogP contribution >= 0.6 is 0 Å². The molecule has 0 bridgehead atoms. The van der Waals surface area contributed by atoms with Crippen molar-refractivity contribution in [1.82, 2.24) is 5.32 Å². The molecule has 1 saturated carbocycles. The lowest BCUT2D eigenvalue weighted by Gasteiger charge is -2.29. The lowest BCUT2D eigenvalue weighted by molar-refractivity contribution is 0.00685. The maximum absolute atomic E-state index is 5.82. The highest BCUT2D eigenvalue weighted by molar-refractivity contribution is 5.30. The van der Waals surface area contributed by atoms with E-state index in [4.69, 9.17) is 9.47 Å². The third-order valence-electron chi connectivity index (χ3n) is 4.00. The molecule has 1 aromatic carbocycles. The Labute approximate surface area is 129 Å². The SMILES string of the molecule is CCCNC(CC(C)(C)OC)c1ccc(OC2CC2)cc1. The van der Waals surface area contributed by atoms with Crippen LogP contribution in [0.5, 0.6) is 5.75 Å². The molecule has 1 aliphatic rings. The van der Waals surface area contributed by atoms with E-state index in [2.05, 4.69) is 50.4 Å². The normalized spacial score (nSPS) is 16.8. The second-order valence-corrected chi connectivity index (χ2v) is 6.56. The van der Waals surface area contributed by atoms with E-state index in [0.29, 0.717) is 12.1 Å². The fraction of sp³-hybridized carbons (Fsp3) is 0.667. The molecule has 0 heterocycles. The van der Waals surface area contributed by atoms with Crippen LogP contribution in [0.1, 0.15) is 58.1 Å². The van der Waals surface area contributed by atoms with Crippen molar-refractivity contribution in [3.8, 4) is 5.75 Å². The third kappa shape index (κ3) is 5.33. The molecule has 0 aromatic heterocycles. The topological polar surface area (TPSA) is 30.5 Å². The quantitative estimate of drug-likeness (QED) is 0.743. The van der Waals surface area contributed by atoms with Crippen LogP contribution in [-0.4, -0.2) is 25.4 Å². The molecule has 21 heavy (non-hydrogen) atoms. The van der Waals surface area contributed by atoms with Gasteiger partial charge in [0.05, 0.1) is 11.7 Å². The molecule has 0 radical (unpaired) electrons. The Morgan fingerprint density at radius 3 is 2.43 bits per heavy atom. The van der Waals surface area contributed by atoms with Crippen molar-refractivity contribution in [2.45, 2.75) is 64.2 Å². The van der Waals surface area contributed by atoms with Crippen LogP contribution in [0.2, 0.25) is 0 Å². The molecule has 1 aromatic rings. The molecule has 1 atom stereocenters. The molecule has 1 aliphatic carbocycles. The minimum atomic E-state index is -0.130. The van der Waals surface area contributed by atoms with Gasteiger partial charge in [-0.25, -0.2) is 0 Å². The second kappa shape index (κ2) is 7.28. The number of rotatable bonds is 9. The monoisotopic (exact) mass is 291 g/mol. The van der Waals surface area contributed by atoms with E-state index in [1.54, 1.807) is 7.11 Å². The van der Waals surface area contributed by atoms with Crippen molar-refractivity contribution in [1.29, 1.82) is 0 Å². The molecule has 3 nitrogen and oxygen atoms in total. The van der Waals surface area contributed by atoms with E-state index < -0.39 is 0 Å². The minimum Gasteiger partial charge on any atom is -0.490 e. The maximum Gasteiger partial charge on any atom is 0.119 e. The highest BCUT2D eigenvalue weighted by Crippen LogP contribution is 2.30. The van der Waals surface area contributed by atoms with Gasteiger partial charge in [-0.2, -0.15) is 0 Å². The minimum absolute atomic E-state index is 0.130. The molecule has 1 N–H and O–H groups in total. The summed E-state index contributed by atoms with van der Waals surface area (Å²) < 4.78 is 11.4. The maximum atomic E-state index is 5.82. The molecule has 3 heteroatoms. The first-order valence-electron chi connectivity index (χ1n) is 8.09. The Kier molecular flexibility index (Phi) is 5.65. The van der Waals surface area contributed by atoms with E-state index in [9.17, 15) is 0 Å². The fourth-order valence-corrected chi connectivity index (χ4v) is 2.36. The molecule has 1 unspecified atom stereocenters. The summed E-state index contributed by atoms with van der Waals surface area (Å²) in [4.78, 5) is 0. The van der Waals surface area contributed by atoms with Gasteiger partial charge in [-0.15, -0.1) is 0 Å². The first-order valence-corrected chi connectivity index (χ1v) is 8.09. The predicted molar refractivity (Wildman–Crippen MR) is 86.8 cm³/mol.